The van der Waals surface area contributed by atoms with Crippen molar-refractivity contribution >= 4 is 40.1 Å². The van der Waals surface area contributed by atoms with Gasteiger partial charge in [-0.05, 0) is 37.6 Å². The second-order valence-electron chi connectivity index (χ2n) is 5.73. The van der Waals surface area contributed by atoms with Gasteiger partial charge in [0.15, 0.2) is 5.17 Å². The molecule has 2 aromatic rings. The van der Waals surface area contributed by atoms with Crippen molar-refractivity contribution in [2.45, 2.75) is 25.5 Å². The maximum atomic E-state index is 12.2. The predicted molar refractivity (Wildman–Crippen MR) is 102 cm³/mol. The van der Waals surface area contributed by atoms with Gasteiger partial charge in [-0.25, -0.2) is 0 Å². The fraction of sp³-hybridized carbons (Fsp3) is 0.222. The van der Waals surface area contributed by atoms with E-state index in [-0.39, 0.29) is 18.2 Å². The lowest BCUT2D eigenvalue weighted by atomic mass is 10.2. The molecule has 1 aliphatic heterocycles. The Labute approximate surface area is 155 Å². The van der Waals surface area contributed by atoms with E-state index >= 15 is 0 Å². The van der Waals surface area contributed by atoms with E-state index in [4.69, 9.17) is 4.42 Å². The third kappa shape index (κ3) is 4.40. The zero-order chi connectivity index (χ0) is 18.5. The average molecular weight is 370 g/mol. The summed E-state index contributed by atoms with van der Waals surface area (Å²) >= 11 is 1.19. The minimum Gasteiger partial charge on any atom is -0.463 e. The number of carbonyl (C=O) groups is 2. The fourth-order valence-corrected chi connectivity index (χ4v) is 3.24. The highest BCUT2D eigenvalue weighted by molar-refractivity contribution is 8.15. The molecule has 0 aliphatic carbocycles. The van der Waals surface area contributed by atoms with E-state index in [2.05, 4.69) is 20.8 Å². The van der Waals surface area contributed by atoms with Crippen molar-refractivity contribution < 1.29 is 14.0 Å². The van der Waals surface area contributed by atoms with Crippen LogP contribution in [0.15, 0.2) is 57.3 Å². The van der Waals surface area contributed by atoms with Crippen molar-refractivity contribution in [3.05, 3.63) is 54.0 Å². The summed E-state index contributed by atoms with van der Waals surface area (Å²) in [6.07, 6.45) is 1.61. The number of thioether (sulfide) groups is 1. The summed E-state index contributed by atoms with van der Waals surface area (Å²) in [7, 11) is 0. The summed E-state index contributed by atoms with van der Waals surface area (Å²) in [5.74, 6) is 0.140. The molecule has 1 aliphatic rings. The Morgan fingerprint density at radius 2 is 2.12 bits per heavy atom. The minimum absolute atomic E-state index is 0.0603. The molecule has 3 rings (SSSR count). The van der Waals surface area contributed by atoms with Crippen molar-refractivity contribution in [1.29, 1.82) is 0 Å². The molecule has 2 amide bonds. The number of amides is 2. The van der Waals surface area contributed by atoms with Crippen molar-refractivity contribution in [3.63, 3.8) is 0 Å². The number of nitrogens with one attached hydrogen (secondary N) is 2. The molecule has 2 heterocycles. The molecule has 0 spiro atoms. The van der Waals surface area contributed by atoms with Crippen molar-refractivity contribution in [2.24, 2.45) is 10.2 Å². The number of anilines is 1. The van der Waals surface area contributed by atoms with Gasteiger partial charge in [-0.15, -0.1) is 10.2 Å². The number of furan rings is 1. The van der Waals surface area contributed by atoms with Gasteiger partial charge in [0, 0.05) is 12.1 Å². The number of hydrogen-bond donors (Lipinski definition) is 2. The monoisotopic (exact) mass is 370 g/mol. The Morgan fingerprint density at radius 3 is 2.85 bits per heavy atom. The zero-order valence-corrected chi connectivity index (χ0v) is 15.2. The zero-order valence-electron chi connectivity index (χ0n) is 14.4. The first-order valence-electron chi connectivity index (χ1n) is 8.02. The molecule has 0 bridgehead atoms. The number of para-hydroxylation sites is 1. The smallest absolute Gasteiger partial charge is 0.240 e. The maximum Gasteiger partial charge on any atom is 0.240 e. The first kappa shape index (κ1) is 17.9. The van der Waals surface area contributed by atoms with Gasteiger partial charge in [0.1, 0.15) is 16.7 Å². The molecule has 2 N–H and O–H groups in total. The van der Waals surface area contributed by atoms with Crippen LogP contribution >= 0.6 is 11.8 Å². The summed E-state index contributed by atoms with van der Waals surface area (Å²) in [5, 5.41) is 13.4. The first-order chi connectivity index (χ1) is 12.5. The molecule has 0 saturated carbocycles. The van der Waals surface area contributed by atoms with Crippen LogP contribution in [0.25, 0.3) is 0 Å². The summed E-state index contributed by atoms with van der Waals surface area (Å²) in [6.45, 7) is 3.67. The first-order valence-corrected chi connectivity index (χ1v) is 8.90. The lowest BCUT2D eigenvalue weighted by Crippen LogP contribution is -2.28. The largest absolute Gasteiger partial charge is 0.463 e. The maximum absolute atomic E-state index is 12.2. The van der Waals surface area contributed by atoms with E-state index in [1.165, 1.54) is 11.8 Å². The van der Waals surface area contributed by atoms with Gasteiger partial charge >= 0.3 is 0 Å². The molecule has 7 nitrogen and oxygen atoms in total. The van der Waals surface area contributed by atoms with E-state index in [0.29, 0.717) is 16.6 Å². The van der Waals surface area contributed by atoms with Crippen LogP contribution in [-0.2, 0) is 9.59 Å². The van der Waals surface area contributed by atoms with Crippen LogP contribution in [0, 0.1) is 6.92 Å². The highest BCUT2D eigenvalue weighted by Gasteiger charge is 2.32. The molecule has 1 fully saturated rings. The van der Waals surface area contributed by atoms with Crippen LogP contribution in [0.5, 0.6) is 0 Å². The Hall–Kier alpha value is -2.87. The average Bonchev–Trinajstić information content (AvgIpc) is 3.25. The molecular formula is C18H18N4O3S. The van der Waals surface area contributed by atoms with Gasteiger partial charge in [-0.2, -0.15) is 0 Å². The van der Waals surface area contributed by atoms with Crippen molar-refractivity contribution in [3.8, 4) is 0 Å². The number of benzene rings is 1. The molecule has 0 radical (unpaired) electrons. The highest BCUT2D eigenvalue weighted by Crippen LogP contribution is 2.23. The second-order valence-corrected chi connectivity index (χ2v) is 6.92. The molecule has 8 heteroatoms. The fourth-order valence-electron chi connectivity index (χ4n) is 2.32. The van der Waals surface area contributed by atoms with E-state index in [9.17, 15) is 9.59 Å². The minimum atomic E-state index is -0.531. The topological polar surface area (TPSA) is 96.1 Å². The van der Waals surface area contributed by atoms with Crippen LogP contribution in [0.3, 0.4) is 0 Å². The third-order valence-electron chi connectivity index (χ3n) is 3.73. The molecule has 1 atom stereocenters. The number of carbonyl (C=O) groups excluding carboxylic acids is 2. The summed E-state index contributed by atoms with van der Waals surface area (Å²) < 4.78 is 5.22. The van der Waals surface area contributed by atoms with Gasteiger partial charge in [-0.3, -0.25) is 9.59 Å². The van der Waals surface area contributed by atoms with Crippen LogP contribution in [0.4, 0.5) is 5.69 Å². The van der Waals surface area contributed by atoms with Gasteiger partial charge in [-0.1, -0.05) is 30.0 Å². The second kappa shape index (κ2) is 8.01. The Balaban J connectivity index is 1.59. The Kier molecular flexibility index (Phi) is 5.52. The number of amidine groups is 1. The number of nitrogens with zero attached hydrogens (tertiary/aromatic N) is 2. The van der Waals surface area contributed by atoms with Crippen LogP contribution in [-0.4, -0.2) is 27.9 Å². The van der Waals surface area contributed by atoms with Crippen LogP contribution in [0.2, 0.25) is 0 Å². The van der Waals surface area contributed by atoms with Crippen LogP contribution in [0.1, 0.15) is 24.7 Å². The van der Waals surface area contributed by atoms with Gasteiger partial charge in [0.25, 0.3) is 0 Å². The quantitative estimate of drug-likeness (QED) is 0.625. The third-order valence-corrected chi connectivity index (χ3v) is 4.81. The number of rotatable bonds is 5. The molecule has 1 aromatic heterocycles. The number of hydrogen-bond acceptors (Lipinski definition) is 6. The summed E-state index contributed by atoms with van der Waals surface area (Å²) in [5.41, 5.74) is 2.31. The summed E-state index contributed by atoms with van der Waals surface area (Å²) in [6, 6.07) is 11.0. The van der Waals surface area contributed by atoms with Crippen molar-refractivity contribution in [1.82, 2.24) is 5.32 Å². The number of aryl methyl sites for hydroxylation is 1. The van der Waals surface area contributed by atoms with Crippen LogP contribution < -0.4 is 10.6 Å². The van der Waals surface area contributed by atoms with Gasteiger partial charge in [0.05, 0.1) is 6.26 Å². The molecule has 1 unspecified atom stereocenters. The SMILES string of the molecule is CC(=NN=C1NC(=O)C(CC(=O)Nc2ccccc2C)S1)c1ccco1. The Bertz CT molecular complexity index is 874. The molecule has 26 heavy (non-hydrogen) atoms. The van der Waals surface area contributed by atoms with E-state index in [1.54, 1.807) is 25.3 Å². The molecular weight excluding hydrogens is 352 g/mol. The summed E-state index contributed by atoms with van der Waals surface area (Å²) in [4.78, 5) is 24.3. The lowest BCUT2D eigenvalue weighted by Gasteiger charge is -2.09. The van der Waals surface area contributed by atoms with Gasteiger partial charge in [0.2, 0.25) is 11.8 Å². The lowest BCUT2D eigenvalue weighted by molar-refractivity contribution is -0.122. The molecule has 134 valence electrons. The van der Waals surface area contributed by atoms with Gasteiger partial charge < -0.3 is 15.1 Å². The van der Waals surface area contributed by atoms with E-state index in [1.807, 2.05) is 31.2 Å². The molecule has 1 saturated heterocycles. The van der Waals surface area contributed by atoms with E-state index in [0.717, 1.165) is 11.3 Å². The van der Waals surface area contributed by atoms with E-state index < -0.39 is 5.25 Å². The standard InChI is InChI=1S/C18H18N4O3S/c1-11-6-3-4-7-13(11)19-16(23)10-15-17(24)20-18(26-15)22-21-12(2)14-8-5-9-25-14/h3-9,15H,10H2,1-2H3,(H,19,23)(H,20,22,24). The Morgan fingerprint density at radius 1 is 1.31 bits per heavy atom. The van der Waals surface area contributed by atoms with Crippen molar-refractivity contribution in [2.75, 3.05) is 5.32 Å². The highest BCUT2D eigenvalue weighted by atomic mass is 32.2. The predicted octanol–water partition coefficient (Wildman–Crippen LogP) is 2.93. The molecule has 1 aromatic carbocycles. The normalized spacial score (nSPS) is 18.8.